The minimum Gasteiger partial charge on any atom is -0.379 e. The summed E-state index contributed by atoms with van der Waals surface area (Å²) in [6.45, 7) is 3.71. The lowest BCUT2D eigenvalue weighted by Crippen LogP contribution is -2.15. The zero-order chi connectivity index (χ0) is 14.4. The predicted octanol–water partition coefficient (Wildman–Crippen LogP) is 1.93. The number of carbonyl (C=O) groups is 1. The number of nitrogens with one attached hydrogen (secondary N) is 1. The number of rotatable bonds is 7. The Morgan fingerprint density at radius 2 is 2.15 bits per heavy atom. The Kier molecular flexibility index (Phi) is 4.76. The highest BCUT2D eigenvalue weighted by molar-refractivity contribution is 5.78. The molecule has 0 bridgehead atoms. The molecule has 0 saturated heterocycles. The molecule has 106 valence electrons. The summed E-state index contributed by atoms with van der Waals surface area (Å²) in [6, 6.07) is 9.72. The fourth-order valence-corrected chi connectivity index (χ4v) is 2.14. The molecule has 1 amide bonds. The maximum atomic E-state index is 11.1. The van der Waals surface area contributed by atoms with Crippen molar-refractivity contribution in [1.29, 1.82) is 0 Å². The Hall–Kier alpha value is -2.30. The molecule has 5 nitrogen and oxygen atoms in total. The number of para-hydroxylation sites is 1. The summed E-state index contributed by atoms with van der Waals surface area (Å²) in [5.41, 5.74) is 8.25. The fourth-order valence-electron chi connectivity index (χ4n) is 2.14. The van der Waals surface area contributed by atoms with Gasteiger partial charge in [-0.3, -0.25) is 9.48 Å². The number of hydrogen-bond acceptors (Lipinski definition) is 3. The summed E-state index contributed by atoms with van der Waals surface area (Å²) >= 11 is 0. The van der Waals surface area contributed by atoms with Crippen LogP contribution in [0, 0.1) is 0 Å². The van der Waals surface area contributed by atoms with Crippen molar-refractivity contribution >= 4 is 11.6 Å². The van der Waals surface area contributed by atoms with E-state index in [0.29, 0.717) is 6.54 Å². The molecule has 3 N–H and O–H groups in total. The van der Waals surface area contributed by atoms with Crippen LogP contribution in [0.2, 0.25) is 0 Å². The smallest absolute Gasteiger partial charge is 0.221 e. The van der Waals surface area contributed by atoms with Crippen molar-refractivity contribution in [2.75, 3.05) is 5.32 Å². The molecule has 0 radical (unpaired) electrons. The zero-order valence-electron chi connectivity index (χ0n) is 11.7. The fraction of sp³-hybridized carbons (Fsp3) is 0.333. The molecule has 0 fully saturated rings. The van der Waals surface area contributed by atoms with Gasteiger partial charge in [-0.15, -0.1) is 0 Å². The van der Waals surface area contributed by atoms with Crippen LogP contribution in [0.15, 0.2) is 36.5 Å². The number of primary amides is 1. The highest BCUT2D eigenvalue weighted by atomic mass is 16.1. The number of nitrogens with two attached hydrogens (primary N) is 1. The van der Waals surface area contributed by atoms with Crippen LogP contribution in [0.5, 0.6) is 0 Å². The van der Waals surface area contributed by atoms with Crippen molar-refractivity contribution in [3.8, 4) is 0 Å². The van der Waals surface area contributed by atoms with E-state index >= 15 is 0 Å². The lowest BCUT2D eigenvalue weighted by Gasteiger charge is -2.12. The van der Waals surface area contributed by atoms with Crippen LogP contribution >= 0.6 is 0 Å². The maximum absolute atomic E-state index is 11.1. The summed E-state index contributed by atoms with van der Waals surface area (Å²) in [6.07, 6.45) is 3.10. The second-order valence-electron chi connectivity index (χ2n) is 4.70. The normalized spacial score (nSPS) is 10.4. The maximum Gasteiger partial charge on any atom is 0.221 e. The highest BCUT2D eigenvalue weighted by Gasteiger charge is 2.06. The van der Waals surface area contributed by atoms with E-state index in [1.807, 2.05) is 41.2 Å². The lowest BCUT2D eigenvalue weighted by atomic mass is 10.1. The van der Waals surface area contributed by atoms with Crippen molar-refractivity contribution in [2.24, 2.45) is 5.73 Å². The molecule has 20 heavy (non-hydrogen) atoms. The van der Waals surface area contributed by atoms with Crippen LogP contribution in [0.1, 0.15) is 24.6 Å². The van der Waals surface area contributed by atoms with Gasteiger partial charge >= 0.3 is 0 Å². The molecule has 0 unspecified atom stereocenters. The van der Waals surface area contributed by atoms with E-state index in [1.54, 1.807) is 0 Å². The molecule has 2 rings (SSSR count). The first-order valence-corrected chi connectivity index (χ1v) is 6.81. The predicted molar refractivity (Wildman–Crippen MR) is 79.2 cm³/mol. The Balaban J connectivity index is 2.06. The molecular formula is C15H20N4O. The van der Waals surface area contributed by atoms with Gasteiger partial charge in [0.1, 0.15) is 0 Å². The highest BCUT2D eigenvalue weighted by Crippen LogP contribution is 2.16. The molecule has 0 atom stereocenters. The van der Waals surface area contributed by atoms with E-state index in [0.717, 1.165) is 29.9 Å². The summed E-state index contributed by atoms with van der Waals surface area (Å²) < 4.78 is 1.99. The summed E-state index contributed by atoms with van der Waals surface area (Å²) in [7, 11) is 0. The minimum absolute atomic E-state index is 0.247. The Morgan fingerprint density at radius 1 is 1.35 bits per heavy atom. The van der Waals surface area contributed by atoms with Crippen LogP contribution in [0.3, 0.4) is 0 Å². The summed E-state index contributed by atoms with van der Waals surface area (Å²) in [4.78, 5) is 11.1. The van der Waals surface area contributed by atoms with Crippen LogP contribution in [0.25, 0.3) is 0 Å². The van der Waals surface area contributed by atoms with Gasteiger partial charge in [0.15, 0.2) is 0 Å². The second-order valence-corrected chi connectivity index (χ2v) is 4.70. The van der Waals surface area contributed by atoms with E-state index in [9.17, 15) is 4.79 Å². The third-order valence-corrected chi connectivity index (χ3v) is 3.08. The molecule has 0 saturated carbocycles. The Labute approximate surface area is 118 Å². The van der Waals surface area contributed by atoms with Crippen LogP contribution in [-0.2, 0) is 24.3 Å². The monoisotopic (exact) mass is 272 g/mol. The molecule has 1 aromatic carbocycles. The van der Waals surface area contributed by atoms with E-state index in [4.69, 9.17) is 5.73 Å². The van der Waals surface area contributed by atoms with Crippen molar-refractivity contribution < 1.29 is 4.79 Å². The zero-order valence-corrected chi connectivity index (χ0v) is 11.7. The molecule has 0 spiro atoms. The van der Waals surface area contributed by atoms with Gasteiger partial charge in [0, 0.05) is 18.4 Å². The van der Waals surface area contributed by atoms with E-state index in [-0.39, 0.29) is 12.3 Å². The van der Waals surface area contributed by atoms with Gasteiger partial charge in [0.25, 0.3) is 0 Å². The summed E-state index contributed by atoms with van der Waals surface area (Å²) in [5, 5.41) is 7.64. The van der Waals surface area contributed by atoms with Crippen LogP contribution in [-0.4, -0.2) is 15.7 Å². The lowest BCUT2D eigenvalue weighted by molar-refractivity contribution is -0.117. The van der Waals surface area contributed by atoms with Gasteiger partial charge in [-0.05, 0) is 24.1 Å². The number of aromatic nitrogens is 2. The first-order valence-electron chi connectivity index (χ1n) is 6.81. The van der Waals surface area contributed by atoms with Crippen molar-refractivity contribution in [1.82, 2.24) is 9.78 Å². The SMILES string of the molecule is CCCn1nccc1CNc1ccccc1CC(N)=O. The average Bonchev–Trinajstić information content (AvgIpc) is 2.85. The molecular weight excluding hydrogens is 252 g/mol. The van der Waals surface area contributed by atoms with Gasteiger partial charge in [-0.2, -0.15) is 5.10 Å². The first kappa shape index (κ1) is 14.1. The Morgan fingerprint density at radius 3 is 2.90 bits per heavy atom. The van der Waals surface area contributed by atoms with Crippen molar-refractivity contribution in [3.05, 3.63) is 47.8 Å². The third-order valence-electron chi connectivity index (χ3n) is 3.08. The summed E-state index contributed by atoms with van der Waals surface area (Å²) in [5.74, 6) is -0.324. The number of amides is 1. The molecule has 2 aromatic rings. The quantitative estimate of drug-likeness (QED) is 0.809. The Bertz CT molecular complexity index is 577. The van der Waals surface area contributed by atoms with Gasteiger partial charge < -0.3 is 11.1 Å². The number of aryl methyl sites for hydroxylation is 1. The van der Waals surface area contributed by atoms with Crippen molar-refractivity contribution in [2.45, 2.75) is 32.9 Å². The number of carbonyl (C=O) groups excluding carboxylic acids is 1. The molecule has 1 heterocycles. The van der Waals surface area contributed by atoms with E-state index < -0.39 is 0 Å². The third kappa shape index (κ3) is 3.60. The van der Waals surface area contributed by atoms with E-state index in [1.165, 1.54) is 0 Å². The van der Waals surface area contributed by atoms with Gasteiger partial charge in [0.2, 0.25) is 5.91 Å². The molecule has 1 aromatic heterocycles. The number of benzene rings is 1. The van der Waals surface area contributed by atoms with Gasteiger partial charge in [-0.1, -0.05) is 25.1 Å². The largest absolute Gasteiger partial charge is 0.379 e. The average molecular weight is 272 g/mol. The van der Waals surface area contributed by atoms with Crippen LogP contribution < -0.4 is 11.1 Å². The molecule has 0 aliphatic rings. The van der Waals surface area contributed by atoms with Gasteiger partial charge in [0.05, 0.1) is 18.7 Å². The van der Waals surface area contributed by atoms with Gasteiger partial charge in [-0.25, -0.2) is 0 Å². The molecule has 5 heteroatoms. The first-order chi connectivity index (χ1) is 9.70. The minimum atomic E-state index is -0.324. The second kappa shape index (κ2) is 6.75. The standard InChI is InChI=1S/C15H20N4O/c1-2-9-19-13(7-8-18-19)11-17-14-6-4-3-5-12(14)10-15(16)20/h3-8,17H,2,9-11H2,1H3,(H2,16,20). The van der Waals surface area contributed by atoms with Crippen molar-refractivity contribution in [3.63, 3.8) is 0 Å². The number of hydrogen-bond donors (Lipinski definition) is 2. The number of anilines is 1. The molecule has 0 aliphatic carbocycles. The number of nitrogens with zero attached hydrogens (tertiary/aromatic N) is 2. The van der Waals surface area contributed by atoms with Crippen LogP contribution in [0.4, 0.5) is 5.69 Å². The molecule has 0 aliphatic heterocycles. The van der Waals surface area contributed by atoms with E-state index in [2.05, 4.69) is 17.3 Å². The topological polar surface area (TPSA) is 72.9 Å².